The average molecular weight is 289 g/mol. The van der Waals surface area contributed by atoms with Crippen molar-refractivity contribution in [1.29, 1.82) is 0 Å². The minimum atomic E-state index is -3.03. The molecule has 1 atom stereocenters. The van der Waals surface area contributed by atoms with Crippen molar-refractivity contribution in [2.24, 2.45) is 22.7 Å². The molecule has 2 saturated heterocycles. The van der Waals surface area contributed by atoms with Gasteiger partial charge in [0.2, 0.25) is 5.91 Å². The molecule has 0 aromatic rings. The lowest BCUT2D eigenvalue weighted by atomic mass is 9.94. The Bertz CT molecular complexity index is 480. The third kappa shape index (κ3) is 3.17. The van der Waals surface area contributed by atoms with E-state index in [9.17, 15) is 13.2 Å². The summed E-state index contributed by atoms with van der Waals surface area (Å²) in [6.07, 6.45) is 1.74. The van der Waals surface area contributed by atoms with Crippen LogP contribution in [0.5, 0.6) is 0 Å². The molecule has 1 unspecified atom stereocenters. The van der Waals surface area contributed by atoms with Crippen molar-refractivity contribution in [3.05, 3.63) is 0 Å². The number of likely N-dealkylation sites (tertiary alicyclic amines) is 1. The summed E-state index contributed by atoms with van der Waals surface area (Å²) in [5.41, 5.74) is 5.54. The Morgan fingerprint density at radius 3 is 2.32 bits per heavy atom. The molecule has 8 heteroatoms. The van der Waals surface area contributed by atoms with E-state index in [1.165, 1.54) is 0 Å². The van der Waals surface area contributed by atoms with Crippen molar-refractivity contribution >= 4 is 21.6 Å². The maximum Gasteiger partial charge on any atom is 0.226 e. The van der Waals surface area contributed by atoms with Crippen molar-refractivity contribution < 1.29 is 18.4 Å². The quantitative estimate of drug-likeness (QED) is 0.305. The number of rotatable bonds is 2. The highest BCUT2D eigenvalue weighted by Gasteiger charge is 2.36. The van der Waals surface area contributed by atoms with Gasteiger partial charge in [-0.25, -0.2) is 8.42 Å². The lowest BCUT2D eigenvalue weighted by Crippen LogP contribution is -2.44. The molecule has 2 heterocycles. The SMILES string of the molecule is NC(=NO)C1CCN(C(=O)C2CCS(=O)(=O)C2)CC1. The first-order chi connectivity index (χ1) is 8.93. The van der Waals surface area contributed by atoms with Crippen LogP contribution in [0.3, 0.4) is 0 Å². The topological polar surface area (TPSA) is 113 Å². The number of amides is 1. The summed E-state index contributed by atoms with van der Waals surface area (Å²) in [5, 5.41) is 11.6. The summed E-state index contributed by atoms with van der Waals surface area (Å²) in [5.74, 6) is -0.156. The second-order valence-corrected chi connectivity index (χ2v) is 7.45. The monoisotopic (exact) mass is 289 g/mol. The standard InChI is InChI=1S/C11H19N3O4S/c12-10(13-16)8-1-4-14(5-2-8)11(15)9-3-6-19(17,18)7-9/h8-9,16H,1-7H2,(H2,12,13). The summed E-state index contributed by atoms with van der Waals surface area (Å²) >= 11 is 0. The van der Waals surface area contributed by atoms with Gasteiger partial charge in [0.15, 0.2) is 9.84 Å². The van der Waals surface area contributed by atoms with E-state index in [2.05, 4.69) is 5.16 Å². The van der Waals surface area contributed by atoms with Crippen LogP contribution in [0.4, 0.5) is 0 Å². The van der Waals surface area contributed by atoms with Crippen LogP contribution in [0.1, 0.15) is 19.3 Å². The van der Waals surface area contributed by atoms with Gasteiger partial charge in [0.25, 0.3) is 0 Å². The second-order valence-electron chi connectivity index (χ2n) is 5.22. The molecule has 0 spiro atoms. The molecule has 0 aromatic carbocycles. The fraction of sp³-hybridized carbons (Fsp3) is 0.818. The highest BCUT2D eigenvalue weighted by atomic mass is 32.2. The third-order valence-electron chi connectivity index (χ3n) is 3.92. The summed E-state index contributed by atoms with van der Waals surface area (Å²) < 4.78 is 22.8. The zero-order valence-corrected chi connectivity index (χ0v) is 11.5. The first-order valence-corrected chi connectivity index (χ1v) is 8.21. The van der Waals surface area contributed by atoms with Crippen molar-refractivity contribution in [3.8, 4) is 0 Å². The van der Waals surface area contributed by atoms with Crippen molar-refractivity contribution in [3.63, 3.8) is 0 Å². The number of hydrogen-bond donors (Lipinski definition) is 2. The van der Waals surface area contributed by atoms with Gasteiger partial charge in [-0.2, -0.15) is 0 Å². The number of nitrogens with zero attached hydrogens (tertiary/aromatic N) is 2. The van der Waals surface area contributed by atoms with Crippen LogP contribution >= 0.6 is 0 Å². The van der Waals surface area contributed by atoms with Gasteiger partial charge in [-0.05, 0) is 19.3 Å². The zero-order chi connectivity index (χ0) is 14.0. The van der Waals surface area contributed by atoms with Crippen LogP contribution in [0.15, 0.2) is 5.16 Å². The van der Waals surface area contributed by atoms with Crippen LogP contribution in [-0.2, 0) is 14.6 Å². The first-order valence-electron chi connectivity index (χ1n) is 6.39. The maximum absolute atomic E-state index is 12.2. The number of carbonyl (C=O) groups excluding carboxylic acids is 1. The van der Waals surface area contributed by atoms with Crippen LogP contribution in [-0.4, -0.2) is 54.9 Å². The van der Waals surface area contributed by atoms with Gasteiger partial charge in [-0.15, -0.1) is 0 Å². The fourth-order valence-electron chi connectivity index (χ4n) is 2.73. The van der Waals surface area contributed by atoms with Gasteiger partial charge in [-0.3, -0.25) is 4.79 Å². The molecule has 0 aliphatic carbocycles. The van der Waals surface area contributed by atoms with Crippen molar-refractivity contribution in [2.45, 2.75) is 19.3 Å². The number of amidine groups is 1. The summed E-state index contributed by atoms with van der Waals surface area (Å²) in [4.78, 5) is 13.9. The number of hydrogen-bond acceptors (Lipinski definition) is 5. The van der Waals surface area contributed by atoms with E-state index < -0.39 is 9.84 Å². The molecule has 108 valence electrons. The minimum Gasteiger partial charge on any atom is -0.409 e. The van der Waals surface area contributed by atoms with E-state index in [1.54, 1.807) is 4.90 Å². The molecular formula is C11H19N3O4S. The summed E-state index contributed by atoms with van der Waals surface area (Å²) in [6.45, 7) is 1.08. The van der Waals surface area contributed by atoms with Gasteiger partial charge in [0, 0.05) is 19.0 Å². The van der Waals surface area contributed by atoms with E-state index in [4.69, 9.17) is 10.9 Å². The molecule has 0 saturated carbocycles. The largest absolute Gasteiger partial charge is 0.409 e. The first kappa shape index (κ1) is 14.1. The second kappa shape index (κ2) is 5.36. The summed E-state index contributed by atoms with van der Waals surface area (Å²) in [7, 11) is -3.03. The normalized spacial score (nSPS) is 28.5. The van der Waals surface area contributed by atoms with E-state index in [0.717, 1.165) is 0 Å². The van der Waals surface area contributed by atoms with E-state index in [1.807, 2.05) is 0 Å². The Morgan fingerprint density at radius 1 is 1.21 bits per heavy atom. The van der Waals surface area contributed by atoms with Crippen LogP contribution < -0.4 is 5.73 Å². The molecule has 0 aromatic heterocycles. The molecule has 3 N–H and O–H groups in total. The predicted molar refractivity (Wildman–Crippen MR) is 69.5 cm³/mol. The summed E-state index contributed by atoms with van der Waals surface area (Å²) in [6, 6.07) is 0. The van der Waals surface area contributed by atoms with Gasteiger partial charge in [-0.1, -0.05) is 5.16 Å². The Morgan fingerprint density at radius 2 is 1.84 bits per heavy atom. The van der Waals surface area contributed by atoms with Crippen LogP contribution in [0.25, 0.3) is 0 Å². The molecule has 2 aliphatic rings. The smallest absolute Gasteiger partial charge is 0.226 e. The minimum absolute atomic E-state index is 0.00126. The van der Waals surface area contributed by atoms with Gasteiger partial charge >= 0.3 is 0 Å². The molecular weight excluding hydrogens is 270 g/mol. The number of sulfone groups is 1. The molecule has 19 heavy (non-hydrogen) atoms. The molecule has 1 amide bonds. The molecule has 2 fully saturated rings. The number of carbonyl (C=O) groups is 1. The highest BCUT2D eigenvalue weighted by molar-refractivity contribution is 7.91. The predicted octanol–water partition coefficient (Wildman–Crippen LogP) is -0.594. The number of piperidine rings is 1. The maximum atomic E-state index is 12.2. The molecule has 0 bridgehead atoms. The van der Waals surface area contributed by atoms with Crippen LogP contribution in [0, 0.1) is 11.8 Å². The Hall–Kier alpha value is -1.31. The molecule has 7 nitrogen and oxygen atoms in total. The van der Waals surface area contributed by atoms with E-state index in [0.29, 0.717) is 32.4 Å². The Labute approximate surface area is 112 Å². The molecule has 2 rings (SSSR count). The number of oxime groups is 1. The van der Waals surface area contributed by atoms with Crippen LogP contribution in [0.2, 0.25) is 0 Å². The van der Waals surface area contributed by atoms with Gasteiger partial charge in [0.1, 0.15) is 5.84 Å². The average Bonchev–Trinajstić information content (AvgIpc) is 2.77. The number of nitrogens with two attached hydrogens (primary N) is 1. The Balaban J connectivity index is 1.90. The van der Waals surface area contributed by atoms with Gasteiger partial charge in [0.05, 0.1) is 17.4 Å². The van der Waals surface area contributed by atoms with E-state index >= 15 is 0 Å². The lowest BCUT2D eigenvalue weighted by Gasteiger charge is -2.32. The lowest BCUT2D eigenvalue weighted by molar-refractivity contribution is -0.135. The van der Waals surface area contributed by atoms with E-state index in [-0.39, 0.29) is 35.1 Å². The molecule has 2 aliphatic heterocycles. The van der Waals surface area contributed by atoms with Crippen molar-refractivity contribution in [2.75, 3.05) is 24.6 Å². The zero-order valence-electron chi connectivity index (χ0n) is 10.7. The molecule has 0 radical (unpaired) electrons. The fourth-order valence-corrected chi connectivity index (χ4v) is 4.46. The van der Waals surface area contributed by atoms with Crippen molar-refractivity contribution in [1.82, 2.24) is 4.90 Å². The highest BCUT2D eigenvalue weighted by Crippen LogP contribution is 2.24. The Kier molecular flexibility index (Phi) is 3.98. The third-order valence-corrected chi connectivity index (χ3v) is 5.69. The van der Waals surface area contributed by atoms with Gasteiger partial charge < -0.3 is 15.8 Å².